The fraction of sp³-hybridized carbons (Fsp3) is 0.0769. The number of rotatable bonds is 4. The normalized spacial score (nSPS) is 12.3. The fourth-order valence-corrected chi connectivity index (χ4v) is 4.14. The highest BCUT2D eigenvalue weighted by atomic mass is 15.0. The molecule has 0 spiro atoms. The van der Waals surface area contributed by atoms with E-state index < -0.39 is 0 Å². The number of benzene rings is 3. The molecule has 0 unspecified atom stereocenters. The summed E-state index contributed by atoms with van der Waals surface area (Å²) in [6.07, 6.45) is 8.73. The predicted molar refractivity (Wildman–Crippen MR) is 121 cm³/mol. The Balaban J connectivity index is 1.59. The first-order valence-corrected chi connectivity index (χ1v) is 9.73. The summed E-state index contributed by atoms with van der Waals surface area (Å²) in [6, 6.07) is 25.8. The van der Waals surface area contributed by atoms with E-state index in [1.54, 1.807) is 0 Å². The van der Waals surface area contributed by atoms with Gasteiger partial charge in [0.05, 0.1) is 0 Å². The van der Waals surface area contributed by atoms with E-state index >= 15 is 0 Å². The number of nitrogens with one attached hydrogen (secondary N) is 1. The Labute approximate surface area is 164 Å². The van der Waals surface area contributed by atoms with Gasteiger partial charge in [0, 0.05) is 50.5 Å². The van der Waals surface area contributed by atoms with Gasteiger partial charge in [0.15, 0.2) is 0 Å². The number of hydrogen-bond acceptors (Lipinski definition) is 0. The van der Waals surface area contributed by atoms with E-state index in [4.69, 9.17) is 0 Å². The molecule has 28 heavy (non-hydrogen) atoms. The molecule has 2 heteroatoms. The predicted octanol–water partition coefficient (Wildman–Crippen LogP) is 7.02. The topological polar surface area (TPSA) is 20.7 Å². The Bertz CT molecular complexity index is 1290. The number of nitrogens with zero attached hydrogens (tertiary/aromatic N) is 1. The fourth-order valence-electron chi connectivity index (χ4n) is 4.14. The van der Waals surface area contributed by atoms with Crippen LogP contribution in [0.1, 0.15) is 18.2 Å². The summed E-state index contributed by atoms with van der Waals surface area (Å²) in [6.45, 7) is 2.89. The molecule has 0 aliphatic rings. The van der Waals surface area contributed by atoms with E-state index in [1.807, 2.05) is 0 Å². The molecule has 0 radical (unpaired) electrons. The average molecular weight is 362 g/mol. The van der Waals surface area contributed by atoms with Crippen molar-refractivity contribution in [2.45, 2.75) is 13.5 Å². The molecule has 0 atom stereocenters. The Morgan fingerprint density at radius 1 is 0.750 bits per heavy atom. The summed E-state index contributed by atoms with van der Waals surface area (Å²) in [4.78, 5) is 3.52. The zero-order valence-corrected chi connectivity index (χ0v) is 15.9. The van der Waals surface area contributed by atoms with Gasteiger partial charge in [0.2, 0.25) is 0 Å². The number of fused-ring (bicyclic) bond motifs is 4. The Morgan fingerprint density at radius 2 is 1.36 bits per heavy atom. The van der Waals surface area contributed by atoms with Gasteiger partial charge in [-0.15, -0.1) is 0 Å². The molecular formula is C26H22N2. The van der Waals surface area contributed by atoms with Crippen LogP contribution in [-0.4, -0.2) is 9.55 Å². The third-order valence-corrected chi connectivity index (χ3v) is 5.36. The zero-order valence-electron chi connectivity index (χ0n) is 15.9. The molecule has 1 N–H and O–H groups in total. The number of H-pyrrole nitrogens is 1. The molecule has 2 aromatic heterocycles. The van der Waals surface area contributed by atoms with Crippen molar-refractivity contribution in [1.82, 2.24) is 9.55 Å². The van der Waals surface area contributed by atoms with Crippen LogP contribution in [0.25, 0.3) is 44.9 Å². The first kappa shape index (κ1) is 16.6. The van der Waals surface area contributed by atoms with Gasteiger partial charge in [-0.25, -0.2) is 0 Å². The highest BCUT2D eigenvalue weighted by molar-refractivity contribution is 6.08. The van der Waals surface area contributed by atoms with Gasteiger partial charge in [-0.3, -0.25) is 0 Å². The molecule has 3 aromatic carbocycles. The van der Waals surface area contributed by atoms with Crippen molar-refractivity contribution in [2.24, 2.45) is 0 Å². The molecule has 0 aliphatic heterocycles. The van der Waals surface area contributed by atoms with Crippen molar-refractivity contribution in [2.75, 3.05) is 0 Å². The van der Waals surface area contributed by atoms with Crippen molar-refractivity contribution in [3.63, 3.8) is 0 Å². The van der Waals surface area contributed by atoms with Crippen LogP contribution in [0, 0.1) is 0 Å². The van der Waals surface area contributed by atoms with E-state index in [-0.39, 0.29) is 0 Å². The van der Waals surface area contributed by atoms with Crippen LogP contribution in [0.4, 0.5) is 0 Å². The van der Waals surface area contributed by atoms with Crippen LogP contribution < -0.4 is 0 Å². The van der Waals surface area contributed by atoms with Crippen molar-refractivity contribution < 1.29 is 0 Å². The first-order valence-electron chi connectivity index (χ1n) is 9.73. The zero-order chi connectivity index (χ0) is 18.9. The maximum absolute atomic E-state index is 3.52. The highest BCUT2D eigenvalue weighted by Gasteiger charge is 2.09. The summed E-state index contributed by atoms with van der Waals surface area (Å²) >= 11 is 0. The number of allylic oxidation sites excluding steroid dienone is 2. The second-order valence-electron chi connectivity index (χ2n) is 7.05. The second-order valence-corrected chi connectivity index (χ2v) is 7.05. The van der Waals surface area contributed by atoms with E-state index in [9.17, 15) is 0 Å². The van der Waals surface area contributed by atoms with Crippen LogP contribution >= 0.6 is 0 Å². The monoisotopic (exact) mass is 362 g/mol. The Morgan fingerprint density at radius 3 is 2.04 bits per heavy atom. The summed E-state index contributed by atoms with van der Waals surface area (Å²) in [5.41, 5.74) is 6.13. The molecule has 2 nitrogen and oxygen atoms in total. The lowest BCUT2D eigenvalue weighted by molar-refractivity contribution is 0.902. The molecule has 0 fully saturated rings. The minimum Gasteiger partial charge on any atom is -0.355 e. The van der Waals surface area contributed by atoms with Gasteiger partial charge in [0.1, 0.15) is 0 Å². The summed E-state index contributed by atoms with van der Waals surface area (Å²) < 4.78 is 2.39. The van der Waals surface area contributed by atoms with E-state index in [2.05, 4.69) is 114 Å². The van der Waals surface area contributed by atoms with E-state index in [0.717, 1.165) is 12.2 Å². The number of hydrogen-bond donors (Lipinski definition) is 1. The van der Waals surface area contributed by atoms with Gasteiger partial charge < -0.3 is 9.55 Å². The summed E-state index contributed by atoms with van der Waals surface area (Å²) in [5, 5.41) is 3.88. The highest BCUT2D eigenvalue weighted by Crippen LogP contribution is 2.29. The molecule has 2 heterocycles. The lowest BCUT2D eigenvalue weighted by Gasteiger charge is -2.04. The summed E-state index contributed by atoms with van der Waals surface area (Å²) in [7, 11) is 0. The lowest BCUT2D eigenvalue weighted by atomic mass is 10.1. The van der Waals surface area contributed by atoms with Crippen LogP contribution in [0.2, 0.25) is 0 Å². The molecule has 136 valence electrons. The molecule has 0 aliphatic carbocycles. The maximum atomic E-state index is 3.52. The van der Waals surface area contributed by atoms with Crippen molar-refractivity contribution in [3.05, 3.63) is 96.2 Å². The van der Waals surface area contributed by atoms with Crippen LogP contribution in [-0.2, 0) is 6.54 Å². The van der Waals surface area contributed by atoms with Gasteiger partial charge in [-0.05, 0) is 31.2 Å². The largest absolute Gasteiger partial charge is 0.355 e. The Kier molecular flexibility index (Phi) is 4.10. The quantitative estimate of drug-likeness (QED) is 0.354. The molecule has 0 amide bonds. The van der Waals surface area contributed by atoms with E-state index in [1.165, 1.54) is 38.3 Å². The number of para-hydroxylation sites is 3. The minimum atomic E-state index is 0.836. The molecule has 0 saturated heterocycles. The minimum absolute atomic E-state index is 0.836. The van der Waals surface area contributed by atoms with Crippen molar-refractivity contribution in [3.8, 4) is 0 Å². The standard InChI is InChI=1S/C26H22N2/c1-2-10-23-20(19-11-3-6-15-24(19)27-23)14-9-18-28-25-16-7-4-12-21(25)22-13-5-8-17-26(22)28/h2-17,27H,18H2,1H3/b10-2-,14-9-. The maximum Gasteiger partial charge on any atom is 0.0494 e. The van der Waals surface area contributed by atoms with Crippen molar-refractivity contribution in [1.29, 1.82) is 0 Å². The van der Waals surface area contributed by atoms with Crippen molar-refractivity contribution >= 4 is 44.9 Å². The van der Waals surface area contributed by atoms with Gasteiger partial charge >= 0.3 is 0 Å². The van der Waals surface area contributed by atoms with Gasteiger partial charge in [-0.1, -0.05) is 72.8 Å². The molecule has 0 saturated carbocycles. The third kappa shape index (κ3) is 2.66. The molecular weight excluding hydrogens is 340 g/mol. The van der Waals surface area contributed by atoms with E-state index in [0.29, 0.717) is 0 Å². The molecule has 5 rings (SSSR count). The van der Waals surface area contributed by atoms with Crippen LogP contribution in [0.15, 0.2) is 84.9 Å². The Hall–Kier alpha value is -3.52. The number of aromatic amines is 1. The molecule has 0 bridgehead atoms. The summed E-state index contributed by atoms with van der Waals surface area (Å²) in [5.74, 6) is 0. The SMILES string of the molecule is C/C=C\c1[nH]c2ccccc2c1/C=C\Cn1c2ccccc2c2ccccc21. The van der Waals surface area contributed by atoms with Gasteiger partial charge in [0.25, 0.3) is 0 Å². The van der Waals surface area contributed by atoms with Crippen LogP contribution in [0.3, 0.4) is 0 Å². The van der Waals surface area contributed by atoms with Crippen LogP contribution in [0.5, 0.6) is 0 Å². The first-order chi connectivity index (χ1) is 13.9. The van der Waals surface area contributed by atoms with Gasteiger partial charge in [-0.2, -0.15) is 0 Å². The number of aromatic nitrogens is 2. The third-order valence-electron chi connectivity index (χ3n) is 5.36. The average Bonchev–Trinajstić information content (AvgIpc) is 3.25. The second kappa shape index (κ2) is 6.90. The molecule has 5 aromatic rings. The smallest absolute Gasteiger partial charge is 0.0494 e. The lowest BCUT2D eigenvalue weighted by Crippen LogP contribution is -1.94.